The Labute approximate surface area is 50.1 Å². The van der Waals surface area contributed by atoms with Gasteiger partial charge >= 0.3 is 0 Å². The molecule has 0 aromatic heterocycles. The Hall–Kier alpha value is 0.0500. The molecule has 2 heteroatoms. The first kappa shape index (κ1) is 7.05. The van der Waals surface area contributed by atoms with Crippen molar-refractivity contribution in [3.63, 3.8) is 0 Å². The van der Waals surface area contributed by atoms with Gasteiger partial charge in [0.15, 0.2) is 0 Å². The zero-order chi connectivity index (χ0) is 5.70. The quantitative estimate of drug-likeness (QED) is 0.553. The molecule has 0 atom stereocenters. The Morgan fingerprint density at radius 3 is 2.43 bits per heavy atom. The van der Waals surface area contributed by atoms with E-state index in [-0.39, 0.29) is 0 Å². The summed E-state index contributed by atoms with van der Waals surface area (Å²) in [6, 6.07) is 0. The van der Waals surface area contributed by atoms with E-state index in [4.69, 9.17) is 12.2 Å². The van der Waals surface area contributed by atoms with E-state index in [1.807, 2.05) is 6.92 Å². The molecule has 0 aromatic rings. The highest BCUT2D eigenvalue weighted by atomic mass is 32.1. The molecule has 0 bridgehead atoms. The molecule has 0 amide bonds. The minimum absolute atomic E-state index is 0.881. The van der Waals surface area contributed by atoms with Crippen LogP contribution < -0.4 is 5.32 Å². The van der Waals surface area contributed by atoms with Crippen molar-refractivity contribution in [1.82, 2.24) is 5.32 Å². The van der Waals surface area contributed by atoms with Crippen molar-refractivity contribution in [3.05, 3.63) is 0 Å². The van der Waals surface area contributed by atoms with Crippen LogP contribution in [0, 0.1) is 0 Å². The molecule has 1 nitrogen and oxygen atoms in total. The average molecular weight is 117 g/mol. The van der Waals surface area contributed by atoms with E-state index in [1.54, 1.807) is 0 Å². The van der Waals surface area contributed by atoms with E-state index in [0.717, 1.165) is 18.0 Å². The molecule has 0 radical (unpaired) electrons. The molecule has 0 aromatic carbocycles. The number of nitrogens with one attached hydrogen (secondary N) is 1. The van der Waals surface area contributed by atoms with Gasteiger partial charge in [0, 0.05) is 11.4 Å². The summed E-state index contributed by atoms with van der Waals surface area (Å²) in [6.45, 7) is 5.90. The predicted molar refractivity (Wildman–Crippen MR) is 36.8 cm³/mol. The lowest BCUT2D eigenvalue weighted by Crippen LogP contribution is -2.18. The Bertz CT molecular complexity index is 61.1. The standard InChI is InChI=1S/C5H11NS/c1-3-6-4-5(2)7/h6H,3-4H2,1-2H3. The molecular formula is C5H11NS. The van der Waals surface area contributed by atoms with Gasteiger partial charge in [0.2, 0.25) is 0 Å². The molecular weight excluding hydrogens is 106 g/mol. The van der Waals surface area contributed by atoms with Crippen LogP contribution in [-0.4, -0.2) is 18.0 Å². The van der Waals surface area contributed by atoms with Crippen LogP contribution in [0.15, 0.2) is 0 Å². The Kier molecular flexibility index (Phi) is 4.25. The van der Waals surface area contributed by atoms with Crippen LogP contribution in [0.2, 0.25) is 0 Å². The van der Waals surface area contributed by atoms with Crippen LogP contribution in [0.3, 0.4) is 0 Å². The van der Waals surface area contributed by atoms with Crippen LogP contribution in [0.4, 0.5) is 0 Å². The largest absolute Gasteiger partial charge is 0.312 e. The summed E-state index contributed by atoms with van der Waals surface area (Å²) < 4.78 is 0. The van der Waals surface area contributed by atoms with Crippen molar-refractivity contribution in [2.45, 2.75) is 13.8 Å². The van der Waals surface area contributed by atoms with Gasteiger partial charge in [-0.2, -0.15) is 0 Å². The summed E-state index contributed by atoms with van der Waals surface area (Å²) in [5, 5.41) is 3.11. The lowest BCUT2D eigenvalue weighted by atomic mass is 10.5. The normalized spacial score (nSPS) is 8.86. The first-order valence-electron chi connectivity index (χ1n) is 2.47. The first-order chi connectivity index (χ1) is 3.27. The van der Waals surface area contributed by atoms with Gasteiger partial charge in [-0.05, 0) is 13.5 Å². The monoisotopic (exact) mass is 117 g/mol. The third-order valence-corrected chi connectivity index (χ3v) is 0.768. The predicted octanol–water partition coefficient (Wildman–Crippen LogP) is 0.986. The van der Waals surface area contributed by atoms with Crippen molar-refractivity contribution in [3.8, 4) is 0 Å². The highest BCUT2D eigenvalue weighted by Crippen LogP contribution is 1.68. The molecule has 0 spiro atoms. The number of hydrogen-bond acceptors (Lipinski definition) is 2. The van der Waals surface area contributed by atoms with E-state index < -0.39 is 0 Å². The topological polar surface area (TPSA) is 12.0 Å². The highest BCUT2D eigenvalue weighted by Gasteiger charge is 1.80. The molecule has 1 N–H and O–H groups in total. The lowest BCUT2D eigenvalue weighted by molar-refractivity contribution is 0.820. The van der Waals surface area contributed by atoms with Crippen LogP contribution in [-0.2, 0) is 0 Å². The fraction of sp³-hybridized carbons (Fsp3) is 0.800. The second kappa shape index (κ2) is 4.22. The summed E-state index contributed by atoms with van der Waals surface area (Å²) in [4.78, 5) is 1.03. The van der Waals surface area contributed by atoms with Gasteiger partial charge in [-0.1, -0.05) is 19.1 Å². The minimum Gasteiger partial charge on any atom is -0.312 e. The van der Waals surface area contributed by atoms with Gasteiger partial charge in [-0.3, -0.25) is 0 Å². The van der Waals surface area contributed by atoms with Crippen LogP contribution in [0.25, 0.3) is 0 Å². The Morgan fingerprint density at radius 2 is 2.29 bits per heavy atom. The van der Waals surface area contributed by atoms with Gasteiger partial charge < -0.3 is 5.32 Å². The molecule has 0 aliphatic rings. The number of rotatable bonds is 3. The molecule has 0 fully saturated rings. The highest BCUT2D eigenvalue weighted by molar-refractivity contribution is 7.80. The third-order valence-electron chi connectivity index (χ3n) is 0.624. The van der Waals surface area contributed by atoms with E-state index in [9.17, 15) is 0 Å². The summed E-state index contributed by atoms with van der Waals surface area (Å²) >= 11 is 4.80. The van der Waals surface area contributed by atoms with E-state index >= 15 is 0 Å². The molecule has 0 saturated carbocycles. The second-order valence-electron chi connectivity index (χ2n) is 1.48. The lowest BCUT2D eigenvalue weighted by Gasteiger charge is -1.94. The third kappa shape index (κ3) is 6.05. The van der Waals surface area contributed by atoms with Crippen molar-refractivity contribution >= 4 is 17.1 Å². The van der Waals surface area contributed by atoms with Gasteiger partial charge in [-0.25, -0.2) is 0 Å². The summed E-state index contributed by atoms with van der Waals surface area (Å²) in [7, 11) is 0. The SMILES string of the molecule is CCNCC(C)=S. The van der Waals surface area contributed by atoms with Crippen LogP contribution in [0.1, 0.15) is 13.8 Å². The van der Waals surface area contributed by atoms with Crippen molar-refractivity contribution in [2.75, 3.05) is 13.1 Å². The van der Waals surface area contributed by atoms with Gasteiger partial charge in [0.1, 0.15) is 0 Å². The fourth-order valence-electron chi connectivity index (χ4n) is 0.301. The molecule has 0 saturated heterocycles. The average Bonchev–Trinajstić information content (AvgIpc) is 1.61. The van der Waals surface area contributed by atoms with Crippen LogP contribution in [0.5, 0.6) is 0 Å². The minimum atomic E-state index is 0.881. The molecule has 42 valence electrons. The Balaban J connectivity index is 2.82. The maximum atomic E-state index is 4.80. The van der Waals surface area contributed by atoms with Crippen molar-refractivity contribution < 1.29 is 0 Å². The van der Waals surface area contributed by atoms with E-state index in [0.29, 0.717) is 0 Å². The van der Waals surface area contributed by atoms with Gasteiger partial charge in [0.25, 0.3) is 0 Å². The van der Waals surface area contributed by atoms with Gasteiger partial charge in [-0.15, -0.1) is 0 Å². The molecule has 0 rings (SSSR count). The zero-order valence-corrected chi connectivity index (χ0v) is 5.64. The van der Waals surface area contributed by atoms with Crippen molar-refractivity contribution in [1.29, 1.82) is 0 Å². The van der Waals surface area contributed by atoms with E-state index in [2.05, 4.69) is 12.2 Å². The maximum absolute atomic E-state index is 4.80. The smallest absolute Gasteiger partial charge is 0.0266 e. The second-order valence-corrected chi connectivity index (χ2v) is 2.18. The van der Waals surface area contributed by atoms with E-state index in [1.165, 1.54) is 0 Å². The van der Waals surface area contributed by atoms with Crippen molar-refractivity contribution in [2.24, 2.45) is 0 Å². The zero-order valence-electron chi connectivity index (χ0n) is 4.82. The molecule has 0 unspecified atom stereocenters. The molecule has 0 heterocycles. The van der Waals surface area contributed by atoms with Gasteiger partial charge in [0.05, 0.1) is 0 Å². The summed E-state index contributed by atoms with van der Waals surface area (Å²) in [6.07, 6.45) is 0. The Morgan fingerprint density at radius 1 is 1.71 bits per heavy atom. The molecule has 0 aliphatic heterocycles. The maximum Gasteiger partial charge on any atom is 0.0266 e. The number of hydrogen-bond donors (Lipinski definition) is 1. The summed E-state index contributed by atoms with van der Waals surface area (Å²) in [5.41, 5.74) is 0. The molecule has 7 heavy (non-hydrogen) atoms. The number of thiocarbonyl (C=S) groups is 1. The molecule has 0 aliphatic carbocycles. The van der Waals surface area contributed by atoms with Crippen LogP contribution >= 0.6 is 12.2 Å². The fourth-order valence-corrected chi connectivity index (χ4v) is 0.403. The summed E-state index contributed by atoms with van der Waals surface area (Å²) in [5.74, 6) is 0. The first-order valence-corrected chi connectivity index (χ1v) is 2.88.